The Bertz CT molecular complexity index is 841. The van der Waals surface area contributed by atoms with Crippen LogP contribution in [-0.4, -0.2) is 70.8 Å². The molecule has 1 aromatic carbocycles. The number of nitrogens with zero attached hydrogens (tertiary/aromatic N) is 3. The zero-order chi connectivity index (χ0) is 22.3. The van der Waals surface area contributed by atoms with Crippen LogP contribution in [0, 0.1) is 0 Å². The Morgan fingerprint density at radius 2 is 1.83 bits per heavy atom. The molecule has 2 aliphatic rings. The highest BCUT2D eigenvalue weighted by molar-refractivity contribution is 5.99. The molecule has 0 aromatic heterocycles. The molecule has 30 heavy (non-hydrogen) atoms. The van der Waals surface area contributed by atoms with Gasteiger partial charge < -0.3 is 20.0 Å². The summed E-state index contributed by atoms with van der Waals surface area (Å²) in [5.41, 5.74) is -1.52. The minimum atomic E-state index is -4.45. The lowest BCUT2D eigenvalue weighted by Crippen LogP contribution is -2.70. The lowest BCUT2D eigenvalue weighted by Gasteiger charge is -2.48. The first-order chi connectivity index (χ1) is 14.0. The van der Waals surface area contributed by atoms with Gasteiger partial charge in [-0.05, 0) is 38.0 Å². The molecule has 2 fully saturated rings. The van der Waals surface area contributed by atoms with Crippen molar-refractivity contribution in [2.24, 2.45) is 0 Å². The molecule has 164 valence electrons. The van der Waals surface area contributed by atoms with Gasteiger partial charge in [0.15, 0.2) is 0 Å². The molecule has 7 nitrogen and oxygen atoms in total. The zero-order valence-electron chi connectivity index (χ0n) is 17.1. The van der Waals surface area contributed by atoms with E-state index in [4.69, 9.17) is 0 Å². The zero-order valence-corrected chi connectivity index (χ0v) is 17.1. The fourth-order valence-electron chi connectivity index (χ4n) is 4.08. The van der Waals surface area contributed by atoms with Crippen molar-refractivity contribution in [2.75, 3.05) is 26.7 Å². The Hall–Kier alpha value is -2.78. The fourth-order valence-corrected chi connectivity index (χ4v) is 4.08. The quantitative estimate of drug-likeness (QED) is 0.804. The highest BCUT2D eigenvalue weighted by Crippen LogP contribution is 2.36. The number of benzene rings is 1. The van der Waals surface area contributed by atoms with Gasteiger partial charge in [0, 0.05) is 26.2 Å². The van der Waals surface area contributed by atoms with Gasteiger partial charge in [0.25, 0.3) is 5.91 Å². The maximum Gasteiger partial charge on any atom is 0.416 e. The molecule has 0 bridgehead atoms. The summed E-state index contributed by atoms with van der Waals surface area (Å²) in [4.78, 5) is 43.0. The summed E-state index contributed by atoms with van der Waals surface area (Å²) in [6.45, 7) is 3.87. The van der Waals surface area contributed by atoms with Crippen molar-refractivity contribution in [3.8, 4) is 0 Å². The number of hydrogen-bond donors (Lipinski definition) is 1. The monoisotopic (exact) mass is 426 g/mol. The van der Waals surface area contributed by atoms with E-state index in [1.165, 1.54) is 33.9 Å². The summed E-state index contributed by atoms with van der Waals surface area (Å²) in [6, 6.07) is 4.01. The van der Waals surface area contributed by atoms with Crippen LogP contribution >= 0.6 is 0 Å². The maximum absolute atomic E-state index is 13.4. The first kappa shape index (κ1) is 21.9. The Labute approximate surface area is 172 Å². The van der Waals surface area contributed by atoms with Gasteiger partial charge >= 0.3 is 12.2 Å². The van der Waals surface area contributed by atoms with E-state index in [2.05, 4.69) is 5.32 Å². The number of hydrogen-bond acceptors (Lipinski definition) is 3. The highest BCUT2D eigenvalue weighted by Gasteiger charge is 2.56. The number of carbonyl (C=O) groups excluding carboxylic acids is 3. The molecule has 1 aromatic rings. The maximum atomic E-state index is 13.4. The first-order valence-corrected chi connectivity index (χ1v) is 9.74. The van der Waals surface area contributed by atoms with Crippen LogP contribution < -0.4 is 5.32 Å². The number of alkyl halides is 3. The Morgan fingerprint density at radius 1 is 1.20 bits per heavy atom. The van der Waals surface area contributed by atoms with Crippen molar-refractivity contribution < 1.29 is 27.6 Å². The second kappa shape index (κ2) is 7.81. The molecular formula is C20H25F3N4O3. The molecule has 2 aliphatic heterocycles. The lowest BCUT2D eigenvalue weighted by atomic mass is 9.89. The first-order valence-electron chi connectivity index (χ1n) is 9.74. The second-order valence-corrected chi connectivity index (χ2v) is 7.96. The molecule has 0 radical (unpaired) electrons. The number of piperazine rings is 1. The number of carbonyl (C=O) groups is 3. The van der Waals surface area contributed by atoms with Crippen molar-refractivity contribution in [2.45, 2.75) is 44.6 Å². The van der Waals surface area contributed by atoms with E-state index in [1.807, 2.05) is 13.8 Å². The molecule has 1 unspecified atom stereocenters. The molecule has 2 heterocycles. The van der Waals surface area contributed by atoms with Crippen molar-refractivity contribution in [3.05, 3.63) is 35.4 Å². The van der Waals surface area contributed by atoms with Crippen molar-refractivity contribution in [1.82, 2.24) is 20.0 Å². The topological polar surface area (TPSA) is 73.0 Å². The number of rotatable bonds is 3. The van der Waals surface area contributed by atoms with Crippen LogP contribution in [0.1, 0.15) is 31.4 Å². The van der Waals surface area contributed by atoms with Crippen LogP contribution in [0.4, 0.5) is 18.0 Å². The SMILES string of the molecule is CNC(=O)N1CCC2(C1)C(=O)N(C(C)C)CC(=O)N2Cc1ccc(C(F)(F)F)cc1. The standard InChI is InChI=1S/C20H25F3N4O3/c1-13(2)26-11-16(28)27(10-14-4-6-15(7-5-14)20(21,22)23)19(17(26)29)8-9-25(12-19)18(30)24-3/h4-7,13H,8-12H2,1-3H3,(H,24,30). The average Bonchev–Trinajstić information content (AvgIpc) is 3.13. The lowest BCUT2D eigenvalue weighted by molar-refractivity contribution is -0.166. The summed E-state index contributed by atoms with van der Waals surface area (Å²) in [5.74, 6) is -0.530. The van der Waals surface area contributed by atoms with E-state index in [1.54, 1.807) is 0 Å². The van der Waals surface area contributed by atoms with E-state index in [-0.39, 0.29) is 49.9 Å². The van der Waals surface area contributed by atoms with Crippen LogP contribution in [0.2, 0.25) is 0 Å². The molecule has 3 rings (SSSR count). The van der Waals surface area contributed by atoms with Gasteiger partial charge in [-0.25, -0.2) is 4.79 Å². The number of likely N-dealkylation sites (tertiary alicyclic amines) is 1. The second-order valence-electron chi connectivity index (χ2n) is 7.96. The number of urea groups is 1. The van der Waals surface area contributed by atoms with Gasteiger partial charge in [-0.15, -0.1) is 0 Å². The van der Waals surface area contributed by atoms with E-state index in [9.17, 15) is 27.6 Å². The van der Waals surface area contributed by atoms with Gasteiger partial charge in [0.1, 0.15) is 12.1 Å². The third-order valence-corrected chi connectivity index (χ3v) is 5.78. The Balaban J connectivity index is 1.93. The van der Waals surface area contributed by atoms with Crippen LogP contribution in [0.5, 0.6) is 0 Å². The van der Waals surface area contributed by atoms with E-state index in [0.29, 0.717) is 12.1 Å². The third-order valence-electron chi connectivity index (χ3n) is 5.78. The summed E-state index contributed by atoms with van der Waals surface area (Å²) in [5, 5.41) is 2.53. The normalized spacial score (nSPS) is 22.4. The van der Waals surface area contributed by atoms with Crippen molar-refractivity contribution in [3.63, 3.8) is 0 Å². The molecular weight excluding hydrogens is 401 g/mol. The largest absolute Gasteiger partial charge is 0.416 e. The third kappa shape index (κ3) is 3.82. The molecule has 4 amide bonds. The van der Waals surface area contributed by atoms with E-state index >= 15 is 0 Å². The molecule has 10 heteroatoms. The van der Waals surface area contributed by atoms with Crippen LogP contribution in [-0.2, 0) is 22.3 Å². The number of amides is 4. The predicted octanol–water partition coefficient (Wildman–Crippen LogP) is 2.07. The van der Waals surface area contributed by atoms with Crippen LogP contribution in [0.3, 0.4) is 0 Å². The highest BCUT2D eigenvalue weighted by atomic mass is 19.4. The van der Waals surface area contributed by atoms with Gasteiger partial charge in [-0.3, -0.25) is 9.59 Å². The Morgan fingerprint density at radius 3 is 2.37 bits per heavy atom. The van der Waals surface area contributed by atoms with Gasteiger partial charge in [0.2, 0.25) is 5.91 Å². The minimum absolute atomic E-state index is 0.00374. The summed E-state index contributed by atoms with van der Waals surface area (Å²) < 4.78 is 38.5. The van der Waals surface area contributed by atoms with Crippen LogP contribution in [0.15, 0.2) is 24.3 Å². The summed E-state index contributed by atoms with van der Waals surface area (Å²) in [6.07, 6.45) is -4.18. The molecule has 0 aliphatic carbocycles. The molecule has 0 saturated carbocycles. The van der Waals surface area contributed by atoms with Crippen LogP contribution in [0.25, 0.3) is 0 Å². The number of nitrogens with one attached hydrogen (secondary N) is 1. The molecule has 1 atom stereocenters. The van der Waals surface area contributed by atoms with Crippen molar-refractivity contribution in [1.29, 1.82) is 0 Å². The molecule has 1 N–H and O–H groups in total. The smallest absolute Gasteiger partial charge is 0.341 e. The molecule has 2 saturated heterocycles. The van der Waals surface area contributed by atoms with Gasteiger partial charge in [-0.2, -0.15) is 13.2 Å². The van der Waals surface area contributed by atoms with Crippen molar-refractivity contribution >= 4 is 17.8 Å². The van der Waals surface area contributed by atoms with Gasteiger partial charge in [0.05, 0.1) is 12.1 Å². The molecule has 1 spiro atoms. The Kier molecular flexibility index (Phi) is 5.70. The van der Waals surface area contributed by atoms with E-state index in [0.717, 1.165) is 12.1 Å². The number of halogens is 3. The summed E-state index contributed by atoms with van der Waals surface area (Å²) >= 11 is 0. The van der Waals surface area contributed by atoms with E-state index < -0.39 is 17.3 Å². The predicted molar refractivity (Wildman–Crippen MR) is 102 cm³/mol. The summed E-state index contributed by atoms with van der Waals surface area (Å²) in [7, 11) is 1.49. The fraction of sp³-hybridized carbons (Fsp3) is 0.550. The minimum Gasteiger partial charge on any atom is -0.341 e. The van der Waals surface area contributed by atoms with Gasteiger partial charge in [-0.1, -0.05) is 12.1 Å². The average molecular weight is 426 g/mol.